The van der Waals surface area contributed by atoms with Gasteiger partial charge in [0.2, 0.25) is 5.95 Å². The van der Waals surface area contributed by atoms with Gasteiger partial charge in [-0.25, -0.2) is 8.78 Å². The molecule has 0 spiro atoms. The molecule has 9 heteroatoms. The standard InChI is InChI=1S/C20H27ClF2N6/c1-19(2,3)28(4)18-26-16(25-11-13-7-5-6-8-14(13)21)15(24)17(27-18)29-10-9-20(22,23)12-29/h5-8H,9-12,24H2,1-4H3,(H,25,26,27). The molecule has 3 N–H and O–H groups in total. The monoisotopic (exact) mass is 424 g/mol. The van der Waals surface area contributed by atoms with Crippen molar-refractivity contribution < 1.29 is 8.78 Å². The molecule has 1 aromatic carbocycles. The van der Waals surface area contributed by atoms with Gasteiger partial charge in [0.05, 0.1) is 6.54 Å². The van der Waals surface area contributed by atoms with Crippen LogP contribution in [0.15, 0.2) is 24.3 Å². The number of hydrogen-bond donors (Lipinski definition) is 2. The minimum Gasteiger partial charge on any atom is -0.393 e. The molecule has 1 aliphatic rings. The van der Waals surface area contributed by atoms with Crippen LogP contribution in [0.2, 0.25) is 5.02 Å². The highest BCUT2D eigenvalue weighted by Gasteiger charge is 2.40. The number of anilines is 4. The number of aromatic nitrogens is 2. The van der Waals surface area contributed by atoms with Gasteiger partial charge in [0.25, 0.3) is 5.92 Å². The van der Waals surface area contributed by atoms with Crippen LogP contribution in [0, 0.1) is 0 Å². The fourth-order valence-corrected chi connectivity index (χ4v) is 3.21. The zero-order chi connectivity index (χ0) is 21.4. The predicted molar refractivity (Wildman–Crippen MR) is 115 cm³/mol. The Balaban J connectivity index is 1.97. The molecule has 0 bridgehead atoms. The molecule has 1 aromatic heterocycles. The third-order valence-corrected chi connectivity index (χ3v) is 5.46. The van der Waals surface area contributed by atoms with Gasteiger partial charge in [-0.15, -0.1) is 0 Å². The maximum atomic E-state index is 13.8. The number of rotatable bonds is 5. The van der Waals surface area contributed by atoms with E-state index in [0.717, 1.165) is 5.56 Å². The highest BCUT2D eigenvalue weighted by Crippen LogP contribution is 2.37. The third kappa shape index (κ3) is 4.80. The summed E-state index contributed by atoms with van der Waals surface area (Å²) in [7, 11) is 1.87. The van der Waals surface area contributed by atoms with E-state index < -0.39 is 12.5 Å². The first-order valence-electron chi connectivity index (χ1n) is 9.49. The summed E-state index contributed by atoms with van der Waals surface area (Å²) in [5.74, 6) is -1.61. The van der Waals surface area contributed by atoms with Crippen molar-refractivity contribution in [3.8, 4) is 0 Å². The second-order valence-corrected chi connectivity index (χ2v) is 8.72. The first-order chi connectivity index (χ1) is 13.5. The number of halogens is 3. The molecular weight excluding hydrogens is 398 g/mol. The van der Waals surface area contributed by atoms with E-state index in [2.05, 4.69) is 15.3 Å². The quantitative estimate of drug-likeness (QED) is 0.741. The van der Waals surface area contributed by atoms with Gasteiger partial charge in [-0.3, -0.25) is 0 Å². The summed E-state index contributed by atoms with van der Waals surface area (Å²) < 4.78 is 27.6. The fraction of sp³-hybridized carbons (Fsp3) is 0.500. The zero-order valence-corrected chi connectivity index (χ0v) is 17.9. The number of nitrogen functional groups attached to an aromatic ring is 1. The van der Waals surface area contributed by atoms with Crippen LogP contribution in [0.5, 0.6) is 0 Å². The van der Waals surface area contributed by atoms with Crippen LogP contribution in [-0.4, -0.2) is 41.6 Å². The van der Waals surface area contributed by atoms with Gasteiger partial charge in [0.15, 0.2) is 11.6 Å². The number of nitrogens with zero attached hydrogens (tertiary/aromatic N) is 4. The second kappa shape index (κ2) is 7.82. The summed E-state index contributed by atoms with van der Waals surface area (Å²) in [6, 6.07) is 7.45. The number of alkyl halides is 2. The smallest absolute Gasteiger partial charge is 0.266 e. The molecule has 1 saturated heterocycles. The van der Waals surface area contributed by atoms with Crippen molar-refractivity contribution in [2.45, 2.75) is 45.2 Å². The van der Waals surface area contributed by atoms with Gasteiger partial charge in [-0.2, -0.15) is 9.97 Å². The Morgan fingerprint density at radius 2 is 1.97 bits per heavy atom. The molecule has 29 heavy (non-hydrogen) atoms. The Hall–Kier alpha value is -2.35. The molecule has 0 unspecified atom stereocenters. The van der Waals surface area contributed by atoms with Crippen molar-refractivity contribution in [1.29, 1.82) is 0 Å². The topological polar surface area (TPSA) is 70.3 Å². The normalized spacial score (nSPS) is 16.2. The maximum absolute atomic E-state index is 13.8. The summed E-state index contributed by atoms with van der Waals surface area (Å²) in [6.07, 6.45) is -0.219. The van der Waals surface area contributed by atoms with E-state index in [-0.39, 0.29) is 24.2 Å². The van der Waals surface area contributed by atoms with Crippen molar-refractivity contribution in [3.63, 3.8) is 0 Å². The van der Waals surface area contributed by atoms with Crippen LogP contribution in [-0.2, 0) is 6.54 Å². The van der Waals surface area contributed by atoms with E-state index in [4.69, 9.17) is 17.3 Å². The molecule has 0 radical (unpaired) electrons. The minimum atomic E-state index is -2.75. The average molecular weight is 425 g/mol. The molecule has 1 aliphatic heterocycles. The van der Waals surface area contributed by atoms with Crippen molar-refractivity contribution >= 4 is 34.9 Å². The molecule has 158 valence electrons. The van der Waals surface area contributed by atoms with E-state index >= 15 is 0 Å². The first-order valence-corrected chi connectivity index (χ1v) is 9.87. The van der Waals surface area contributed by atoms with Crippen molar-refractivity contribution in [3.05, 3.63) is 34.9 Å². The number of nitrogens with two attached hydrogens (primary N) is 1. The lowest BCUT2D eigenvalue weighted by Gasteiger charge is -2.33. The Labute approximate surface area is 175 Å². The third-order valence-electron chi connectivity index (χ3n) is 5.09. The zero-order valence-electron chi connectivity index (χ0n) is 17.1. The van der Waals surface area contributed by atoms with Gasteiger partial charge in [-0.05, 0) is 32.4 Å². The Kier molecular flexibility index (Phi) is 5.76. The lowest BCUT2D eigenvalue weighted by Crippen LogP contribution is -2.39. The van der Waals surface area contributed by atoms with Crippen molar-refractivity contribution in [2.24, 2.45) is 0 Å². The highest BCUT2D eigenvalue weighted by atomic mass is 35.5. The lowest BCUT2D eigenvalue weighted by atomic mass is 10.1. The average Bonchev–Trinajstić information content (AvgIpc) is 3.00. The molecule has 6 nitrogen and oxygen atoms in total. The SMILES string of the molecule is CN(c1nc(NCc2ccccc2Cl)c(N)c(N2CCC(F)(F)C2)n1)C(C)(C)C. The Bertz CT molecular complexity index is 884. The molecule has 0 atom stereocenters. The van der Waals surface area contributed by atoms with Crippen LogP contribution in [0.25, 0.3) is 0 Å². The van der Waals surface area contributed by atoms with Crippen LogP contribution in [0.1, 0.15) is 32.8 Å². The minimum absolute atomic E-state index is 0.191. The molecule has 0 aliphatic carbocycles. The molecule has 2 heterocycles. The van der Waals surface area contributed by atoms with Gasteiger partial charge in [0.1, 0.15) is 5.69 Å². The maximum Gasteiger partial charge on any atom is 0.266 e. The van der Waals surface area contributed by atoms with Crippen LogP contribution in [0.3, 0.4) is 0 Å². The van der Waals surface area contributed by atoms with Crippen LogP contribution in [0.4, 0.5) is 32.1 Å². The van der Waals surface area contributed by atoms with Gasteiger partial charge >= 0.3 is 0 Å². The van der Waals surface area contributed by atoms with E-state index in [1.807, 2.05) is 50.9 Å². The first kappa shape index (κ1) is 21.4. The van der Waals surface area contributed by atoms with Crippen molar-refractivity contribution in [2.75, 3.05) is 41.0 Å². The van der Waals surface area contributed by atoms with Gasteiger partial charge < -0.3 is 20.9 Å². The van der Waals surface area contributed by atoms with E-state index in [9.17, 15) is 8.78 Å². The number of benzene rings is 1. The lowest BCUT2D eigenvalue weighted by molar-refractivity contribution is 0.0257. The molecule has 0 saturated carbocycles. The highest BCUT2D eigenvalue weighted by molar-refractivity contribution is 6.31. The molecule has 1 fully saturated rings. The second-order valence-electron chi connectivity index (χ2n) is 8.31. The fourth-order valence-electron chi connectivity index (χ4n) is 3.01. The molecular formula is C20H27ClF2N6. The number of hydrogen-bond acceptors (Lipinski definition) is 6. The predicted octanol–water partition coefficient (Wildman–Crippen LogP) is 4.40. The summed E-state index contributed by atoms with van der Waals surface area (Å²) in [6.45, 7) is 6.25. The van der Waals surface area contributed by atoms with Crippen LogP contribution < -0.4 is 20.9 Å². The van der Waals surface area contributed by atoms with Gasteiger partial charge in [-0.1, -0.05) is 29.8 Å². The summed E-state index contributed by atoms with van der Waals surface area (Å²) in [4.78, 5) is 12.5. The molecule has 3 rings (SSSR count). The Morgan fingerprint density at radius 3 is 2.55 bits per heavy atom. The van der Waals surface area contributed by atoms with Gasteiger partial charge in [0, 0.05) is 37.1 Å². The molecule has 0 amide bonds. The Morgan fingerprint density at radius 1 is 1.28 bits per heavy atom. The van der Waals surface area contributed by atoms with E-state index in [1.54, 1.807) is 6.07 Å². The summed E-state index contributed by atoms with van der Waals surface area (Å²) >= 11 is 6.23. The largest absolute Gasteiger partial charge is 0.393 e. The van der Waals surface area contributed by atoms with Crippen molar-refractivity contribution in [1.82, 2.24) is 9.97 Å². The molecule has 2 aromatic rings. The number of nitrogens with one attached hydrogen (secondary N) is 1. The van der Waals surface area contributed by atoms with Crippen LogP contribution >= 0.6 is 11.6 Å². The summed E-state index contributed by atoms with van der Waals surface area (Å²) in [5, 5.41) is 3.82. The summed E-state index contributed by atoms with van der Waals surface area (Å²) in [5.41, 5.74) is 7.18. The van der Waals surface area contributed by atoms with E-state index in [1.165, 1.54) is 4.90 Å². The van der Waals surface area contributed by atoms with E-state index in [0.29, 0.717) is 29.2 Å².